The van der Waals surface area contributed by atoms with Crippen molar-refractivity contribution in [2.24, 2.45) is 0 Å². The van der Waals surface area contributed by atoms with E-state index >= 15 is 0 Å². The number of halogens is 3. The van der Waals surface area contributed by atoms with Crippen molar-refractivity contribution in [2.45, 2.75) is 61.9 Å². The number of carbonyl (C=O) groups excluding carboxylic acids is 2. The maximum Gasteiger partial charge on any atom is 1.00 e. The second kappa shape index (κ2) is 22.1. The first-order valence-corrected chi connectivity index (χ1v) is 23.2. The van der Waals surface area contributed by atoms with Crippen molar-refractivity contribution in [1.82, 2.24) is 39.0 Å². The number of aryl methyl sites for hydroxylation is 2. The van der Waals surface area contributed by atoms with Crippen molar-refractivity contribution in [3.63, 3.8) is 0 Å². The van der Waals surface area contributed by atoms with Crippen LogP contribution < -0.4 is 51.4 Å². The average molecular weight is 995 g/mol. The summed E-state index contributed by atoms with van der Waals surface area (Å²) in [5, 5.41) is 1.29. The Morgan fingerprint density at radius 2 is 1.14 bits per heavy atom. The number of aromatic nitrogens is 8. The summed E-state index contributed by atoms with van der Waals surface area (Å²) < 4.78 is 32.3. The summed E-state index contributed by atoms with van der Waals surface area (Å²) in [6, 6.07) is 17.3. The molecule has 6 heterocycles. The van der Waals surface area contributed by atoms with E-state index in [0.29, 0.717) is 17.0 Å². The van der Waals surface area contributed by atoms with E-state index in [4.69, 9.17) is 15.0 Å². The maximum atomic E-state index is 13.4. The third-order valence-electron chi connectivity index (χ3n) is 9.11. The first-order chi connectivity index (χ1) is 27.5. The molecule has 0 fully saturated rings. The SMILES string of the molecule is CC(=O)[S-].CSc1nccc(-c2c(-c3ccc(F)cc3)nc3n2[C@H](CI)CC3)n1.CSc1nccc(-c2c(-c3ccc(F)cc3)nc3n2[C@H](CSC(C)=O)CC3)n1.[K+]. The quantitative estimate of drug-likeness (QED) is 0.0393. The molecular weight excluding hydrogens is 957 g/mol. The van der Waals surface area contributed by atoms with Crippen molar-refractivity contribution < 1.29 is 69.8 Å². The Kier molecular flexibility index (Phi) is 17.9. The summed E-state index contributed by atoms with van der Waals surface area (Å²) in [6.45, 7) is 2.93. The molecule has 0 spiro atoms. The van der Waals surface area contributed by atoms with Crippen LogP contribution in [0.15, 0.2) is 83.4 Å². The number of thioether (sulfide) groups is 3. The van der Waals surface area contributed by atoms with Crippen LogP contribution in [0.2, 0.25) is 0 Å². The van der Waals surface area contributed by atoms with E-state index in [1.165, 1.54) is 66.5 Å². The molecule has 58 heavy (non-hydrogen) atoms. The van der Waals surface area contributed by atoms with Crippen molar-refractivity contribution in [1.29, 1.82) is 0 Å². The molecule has 0 amide bonds. The Labute approximate surface area is 410 Å². The molecule has 18 heteroatoms. The fraction of sp³-hybridized carbons (Fsp3) is 0.300. The molecule has 0 saturated carbocycles. The van der Waals surface area contributed by atoms with E-state index in [9.17, 15) is 18.4 Å². The Bertz CT molecular complexity index is 2360. The minimum absolute atomic E-state index is 0. The molecule has 0 saturated heterocycles. The van der Waals surface area contributed by atoms with Gasteiger partial charge < -0.3 is 26.6 Å². The van der Waals surface area contributed by atoms with Gasteiger partial charge in [-0.05, 0) is 92.9 Å². The molecule has 0 aliphatic carbocycles. The Balaban J connectivity index is 0.000000200. The predicted molar refractivity (Wildman–Crippen MR) is 236 cm³/mol. The van der Waals surface area contributed by atoms with Gasteiger partial charge in [0.1, 0.15) is 23.3 Å². The van der Waals surface area contributed by atoms with E-state index in [-0.39, 0.29) is 79.3 Å². The van der Waals surface area contributed by atoms with Crippen LogP contribution in [0.5, 0.6) is 0 Å². The van der Waals surface area contributed by atoms with Crippen LogP contribution in [0.3, 0.4) is 0 Å². The molecule has 8 rings (SSSR count). The zero-order valence-electron chi connectivity index (χ0n) is 32.5. The number of alkyl halides is 1. The van der Waals surface area contributed by atoms with Gasteiger partial charge in [0.15, 0.2) is 15.4 Å². The van der Waals surface area contributed by atoms with Crippen molar-refractivity contribution in [3.8, 4) is 45.3 Å². The molecule has 0 radical (unpaired) electrons. The Morgan fingerprint density at radius 1 is 0.724 bits per heavy atom. The number of fused-ring (bicyclic) bond motifs is 2. The molecular formula is C40H38F2IKN8O2S4. The second-order valence-corrected chi connectivity index (χ2v) is 17.1. The molecule has 4 aromatic heterocycles. The van der Waals surface area contributed by atoms with Crippen LogP contribution in [0, 0.1) is 11.6 Å². The van der Waals surface area contributed by atoms with E-state index in [2.05, 4.69) is 59.3 Å². The van der Waals surface area contributed by atoms with Crippen LogP contribution in [-0.2, 0) is 35.1 Å². The molecule has 10 nitrogen and oxygen atoms in total. The predicted octanol–water partition coefficient (Wildman–Crippen LogP) is 6.51. The van der Waals surface area contributed by atoms with Gasteiger partial charge in [0.25, 0.3) is 0 Å². The van der Waals surface area contributed by atoms with Crippen molar-refractivity contribution >= 4 is 80.7 Å². The van der Waals surface area contributed by atoms with Crippen LogP contribution in [-0.4, -0.2) is 72.0 Å². The summed E-state index contributed by atoms with van der Waals surface area (Å²) in [6.07, 6.45) is 11.3. The molecule has 0 bridgehead atoms. The molecule has 2 aliphatic rings. The number of hydrogen-bond acceptors (Lipinski definition) is 12. The third-order valence-corrected chi connectivity index (χ3v) is 12.2. The standard InChI is InChI=1S/C20H19FN4OS2.C18H16FIN4S.C2H4OS.K/c1-12(26)28-11-15-7-8-17-24-18(13-3-5-14(21)6-4-13)19(25(15)17)16-9-10-22-20(23-16)27-2;1-25-18-21-9-8-14(22-18)17-16(11-2-4-12(19)5-3-11)23-15-7-6-13(10-20)24(15)17;1-2(3)4;/h3-6,9-10,15H,7-8,11H2,1-2H3;2-5,8-9,13H,6-7,10H2,1H3;1H3,(H,3,4);/q;;;+1/p-1/t15-;13-;;/m00../s1. The zero-order valence-corrected chi connectivity index (χ0v) is 41.0. The normalized spacial score (nSPS) is 14.9. The number of imidazole rings is 2. The van der Waals surface area contributed by atoms with Gasteiger partial charge in [-0.15, -0.1) is 0 Å². The van der Waals surface area contributed by atoms with Crippen molar-refractivity contribution in [2.75, 3.05) is 22.7 Å². The number of carbonyl (C=O) groups is 2. The summed E-state index contributed by atoms with van der Waals surface area (Å²) in [5.74, 6) is 2.25. The summed E-state index contributed by atoms with van der Waals surface area (Å²) >= 11 is 10.8. The van der Waals surface area contributed by atoms with Crippen LogP contribution in [0.25, 0.3) is 45.3 Å². The summed E-state index contributed by atoms with van der Waals surface area (Å²) in [4.78, 5) is 48.5. The van der Waals surface area contributed by atoms with E-state index in [1.54, 1.807) is 43.6 Å². The minimum atomic E-state index is -0.278. The molecule has 6 aromatic rings. The first-order valence-electron chi connectivity index (χ1n) is 17.9. The fourth-order valence-corrected chi connectivity index (χ4v) is 9.00. The number of rotatable bonds is 9. The smallest absolute Gasteiger partial charge is 0.742 e. The molecule has 0 unspecified atom stereocenters. The van der Waals surface area contributed by atoms with Gasteiger partial charge in [-0.1, -0.05) is 57.9 Å². The summed E-state index contributed by atoms with van der Waals surface area (Å²) in [7, 11) is 0. The van der Waals surface area contributed by atoms with Gasteiger partial charge >= 0.3 is 51.4 Å². The Morgan fingerprint density at radius 3 is 1.53 bits per heavy atom. The molecule has 2 atom stereocenters. The minimum Gasteiger partial charge on any atom is -0.742 e. The topological polar surface area (TPSA) is 121 Å². The number of nitrogens with zero attached hydrogens (tertiary/aromatic N) is 8. The molecule has 296 valence electrons. The van der Waals surface area contributed by atoms with E-state index < -0.39 is 0 Å². The van der Waals surface area contributed by atoms with E-state index in [0.717, 1.165) is 92.2 Å². The molecule has 2 aliphatic heterocycles. The van der Waals surface area contributed by atoms with Crippen LogP contribution in [0.1, 0.15) is 50.4 Å². The molecule has 2 aromatic carbocycles. The second-order valence-electron chi connectivity index (χ2n) is 12.9. The summed E-state index contributed by atoms with van der Waals surface area (Å²) in [5.41, 5.74) is 7.00. The van der Waals surface area contributed by atoms with Gasteiger partial charge in [-0.3, -0.25) is 4.79 Å². The number of benzene rings is 2. The largest absolute Gasteiger partial charge is 1.00 e. The van der Waals surface area contributed by atoms with Gasteiger partial charge in [-0.25, -0.2) is 38.7 Å². The van der Waals surface area contributed by atoms with Gasteiger partial charge in [0.05, 0.1) is 34.2 Å². The van der Waals surface area contributed by atoms with Gasteiger partial charge in [0, 0.05) is 70.7 Å². The van der Waals surface area contributed by atoms with E-state index in [1.807, 2.05) is 24.6 Å². The average Bonchev–Trinajstić information content (AvgIpc) is 3.98. The monoisotopic (exact) mass is 994 g/mol. The third kappa shape index (κ3) is 11.4. The van der Waals surface area contributed by atoms with Gasteiger partial charge in [0.2, 0.25) is 0 Å². The fourth-order valence-electron chi connectivity index (χ4n) is 6.71. The Hall–Kier alpha value is -2.14. The van der Waals surface area contributed by atoms with Crippen molar-refractivity contribution in [3.05, 3.63) is 96.3 Å². The zero-order chi connectivity index (χ0) is 40.6. The van der Waals surface area contributed by atoms with Crippen LogP contribution in [0.4, 0.5) is 8.78 Å². The number of hydrogen-bond donors (Lipinski definition) is 0. The maximum absolute atomic E-state index is 13.4. The molecule has 0 N–H and O–H groups in total. The van der Waals surface area contributed by atoms with Gasteiger partial charge in [-0.2, -0.15) is 0 Å². The first kappa shape index (κ1) is 46.9. The van der Waals surface area contributed by atoms with Crippen LogP contribution >= 0.6 is 57.9 Å².